The molecule has 2 aromatic rings. The van der Waals surface area contributed by atoms with Gasteiger partial charge in [0.2, 0.25) is 6.10 Å². The Labute approximate surface area is 153 Å². The van der Waals surface area contributed by atoms with Gasteiger partial charge in [0.15, 0.2) is 11.5 Å². The Kier molecular flexibility index (Phi) is 4.95. The van der Waals surface area contributed by atoms with Crippen molar-refractivity contribution < 1.29 is 14.3 Å². The minimum Gasteiger partial charge on any atom is -0.485 e. The molecule has 1 aliphatic carbocycles. The molecule has 1 amide bonds. The van der Waals surface area contributed by atoms with Crippen LogP contribution in [-0.4, -0.2) is 24.7 Å². The van der Waals surface area contributed by atoms with E-state index in [1.165, 1.54) is 32.1 Å². The summed E-state index contributed by atoms with van der Waals surface area (Å²) in [4.78, 5) is 12.4. The largest absolute Gasteiger partial charge is 0.485 e. The van der Waals surface area contributed by atoms with Crippen LogP contribution in [0.25, 0.3) is 0 Å². The highest BCUT2D eigenvalue weighted by molar-refractivity contribution is 5.94. The lowest BCUT2D eigenvalue weighted by Crippen LogP contribution is -2.40. The van der Waals surface area contributed by atoms with Crippen LogP contribution in [0.5, 0.6) is 11.5 Å². The van der Waals surface area contributed by atoms with Crippen molar-refractivity contribution in [2.45, 2.75) is 44.2 Å². The first-order valence-electron chi connectivity index (χ1n) is 9.34. The molecule has 1 heterocycles. The first kappa shape index (κ1) is 16.8. The topological polar surface area (TPSA) is 59.6 Å². The van der Waals surface area contributed by atoms with Gasteiger partial charge in [0.25, 0.3) is 5.91 Å². The zero-order chi connectivity index (χ0) is 17.8. The summed E-state index contributed by atoms with van der Waals surface area (Å²) in [5, 5.41) is 6.48. The molecule has 0 saturated heterocycles. The van der Waals surface area contributed by atoms with Gasteiger partial charge in [-0.15, -0.1) is 0 Å². The van der Waals surface area contributed by atoms with Gasteiger partial charge in [0.05, 0.1) is 0 Å². The molecule has 0 aromatic heterocycles. The zero-order valence-corrected chi connectivity index (χ0v) is 14.7. The van der Waals surface area contributed by atoms with Crippen molar-refractivity contribution in [2.24, 2.45) is 0 Å². The Hall–Kier alpha value is -2.69. The molecule has 136 valence electrons. The van der Waals surface area contributed by atoms with Crippen molar-refractivity contribution in [3.63, 3.8) is 0 Å². The van der Waals surface area contributed by atoms with Crippen LogP contribution >= 0.6 is 0 Å². The molecule has 1 fully saturated rings. The van der Waals surface area contributed by atoms with Crippen molar-refractivity contribution in [3.8, 4) is 11.5 Å². The van der Waals surface area contributed by atoms with Gasteiger partial charge in [0.1, 0.15) is 6.61 Å². The number of hydrogen-bond donors (Lipinski definition) is 2. The number of carbonyl (C=O) groups is 1. The third kappa shape index (κ3) is 3.93. The molecule has 0 bridgehead atoms. The highest BCUT2D eigenvalue weighted by Crippen LogP contribution is 2.31. The highest BCUT2D eigenvalue weighted by Gasteiger charge is 2.27. The van der Waals surface area contributed by atoms with Gasteiger partial charge >= 0.3 is 0 Å². The van der Waals surface area contributed by atoms with E-state index in [2.05, 4.69) is 10.6 Å². The second-order valence-electron chi connectivity index (χ2n) is 6.91. The molecule has 5 nitrogen and oxygen atoms in total. The quantitative estimate of drug-likeness (QED) is 0.865. The fourth-order valence-corrected chi connectivity index (χ4v) is 3.50. The van der Waals surface area contributed by atoms with E-state index in [0.717, 1.165) is 11.4 Å². The molecule has 2 N–H and O–H groups in total. The van der Waals surface area contributed by atoms with E-state index in [-0.39, 0.29) is 12.5 Å². The van der Waals surface area contributed by atoms with Crippen LogP contribution < -0.4 is 20.1 Å². The molecular weight excluding hydrogens is 328 g/mol. The van der Waals surface area contributed by atoms with E-state index in [0.29, 0.717) is 17.5 Å². The number of fused-ring (bicyclic) bond motifs is 1. The van der Waals surface area contributed by atoms with Gasteiger partial charge in [-0.1, -0.05) is 31.4 Å². The molecule has 5 heteroatoms. The number of amides is 1. The summed E-state index contributed by atoms with van der Waals surface area (Å²) in [5.74, 6) is 1.08. The van der Waals surface area contributed by atoms with Gasteiger partial charge in [0, 0.05) is 17.4 Å². The van der Waals surface area contributed by atoms with E-state index in [1.807, 2.05) is 42.5 Å². The van der Waals surface area contributed by atoms with E-state index in [9.17, 15) is 4.79 Å². The Morgan fingerprint density at radius 2 is 1.58 bits per heavy atom. The van der Waals surface area contributed by atoms with Gasteiger partial charge in [-0.3, -0.25) is 4.79 Å². The predicted octanol–water partition coefficient (Wildman–Crippen LogP) is 4.21. The molecule has 2 aromatic carbocycles. The second kappa shape index (κ2) is 7.68. The fourth-order valence-electron chi connectivity index (χ4n) is 3.50. The van der Waals surface area contributed by atoms with Crippen molar-refractivity contribution in [3.05, 3.63) is 48.5 Å². The normalized spacial score (nSPS) is 19.6. The number of para-hydroxylation sites is 2. The Balaban J connectivity index is 1.33. The maximum Gasteiger partial charge on any atom is 0.269 e. The van der Waals surface area contributed by atoms with Crippen LogP contribution in [0.1, 0.15) is 32.1 Å². The fraction of sp³-hybridized carbons (Fsp3) is 0.381. The zero-order valence-electron chi connectivity index (χ0n) is 14.7. The third-order valence-electron chi connectivity index (χ3n) is 4.93. The minimum atomic E-state index is -0.648. The lowest BCUT2D eigenvalue weighted by atomic mass is 9.95. The van der Waals surface area contributed by atoms with Crippen LogP contribution in [0, 0.1) is 0 Å². The molecular formula is C21H24N2O3. The summed E-state index contributed by atoms with van der Waals surface area (Å²) in [6.07, 6.45) is 5.78. The first-order chi connectivity index (χ1) is 12.8. The van der Waals surface area contributed by atoms with Crippen molar-refractivity contribution in [1.82, 2.24) is 0 Å². The summed E-state index contributed by atoms with van der Waals surface area (Å²) in [6, 6.07) is 15.8. The van der Waals surface area contributed by atoms with Crippen molar-refractivity contribution in [1.29, 1.82) is 0 Å². The SMILES string of the molecule is O=C(Nc1ccc(NC2CCCCC2)cc1)[C@H]1COc2ccccc2O1. The smallest absolute Gasteiger partial charge is 0.269 e. The van der Waals surface area contributed by atoms with Crippen LogP contribution in [-0.2, 0) is 4.79 Å². The number of nitrogens with one attached hydrogen (secondary N) is 2. The van der Waals surface area contributed by atoms with E-state index in [4.69, 9.17) is 9.47 Å². The van der Waals surface area contributed by atoms with Crippen molar-refractivity contribution >= 4 is 17.3 Å². The van der Waals surface area contributed by atoms with Gasteiger partial charge < -0.3 is 20.1 Å². The summed E-state index contributed by atoms with van der Waals surface area (Å²) in [6.45, 7) is 0.212. The monoisotopic (exact) mass is 352 g/mol. The Morgan fingerprint density at radius 1 is 0.885 bits per heavy atom. The first-order valence-corrected chi connectivity index (χ1v) is 9.34. The summed E-state index contributed by atoms with van der Waals surface area (Å²) < 4.78 is 11.3. The summed E-state index contributed by atoms with van der Waals surface area (Å²) in [7, 11) is 0. The van der Waals surface area contributed by atoms with E-state index in [1.54, 1.807) is 6.07 Å². The Morgan fingerprint density at radius 3 is 2.35 bits per heavy atom. The molecule has 0 spiro atoms. The average molecular weight is 352 g/mol. The predicted molar refractivity (Wildman–Crippen MR) is 102 cm³/mol. The number of ether oxygens (including phenoxy) is 2. The van der Waals surface area contributed by atoms with E-state index < -0.39 is 6.10 Å². The third-order valence-corrected chi connectivity index (χ3v) is 4.93. The molecule has 2 aliphatic rings. The molecule has 1 saturated carbocycles. The number of benzene rings is 2. The minimum absolute atomic E-state index is 0.201. The van der Waals surface area contributed by atoms with Gasteiger partial charge in [-0.2, -0.15) is 0 Å². The van der Waals surface area contributed by atoms with Gasteiger partial charge in [-0.05, 0) is 49.2 Å². The lowest BCUT2D eigenvalue weighted by molar-refractivity contribution is -0.125. The molecule has 0 unspecified atom stereocenters. The molecule has 1 atom stereocenters. The lowest BCUT2D eigenvalue weighted by Gasteiger charge is -2.25. The second-order valence-corrected chi connectivity index (χ2v) is 6.91. The van der Waals surface area contributed by atoms with Crippen LogP contribution in [0.4, 0.5) is 11.4 Å². The number of rotatable bonds is 4. The number of hydrogen-bond acceptors (Lipinski definition) is 4. The van der Waals surface area contributed by atoms with E-state index >= 15 is 0 Å². The number of carbonyl (C=O) groups excluding carboxylic acids is 1. The molecule has 1 aliphatic heterocycles. The Bertz CT molecular complexity index is 754. The molecule has 4 rings (SSSR count). The van der Waals surface area contributed by atoms with Crippen LogP contribution in [0.2, 0.25) is 0 Å². The number of anilines is 2. The van der Waals surface area contributed by atoms with Crippen LogP contribution in [0.15, 0.2) is 48.5 Å². The standard InChI is InChI=1S/C21H24N2O3/c24-21(20-14-25-18-8-4-5-9-19(18)26-20)23-17-12-10-16(11-13-17)22-15-6-2-1-3-7-15/h4-5,8-13,15,20,22H,1-3,6-7,14H2,(H,23,24)/t20-/m1/s1. The molecule has 0 radical (unpaired) electrons. The summed E-state index contributed by atoms with van der Waals surface area (Å²) in [5.41, 5.74) is 1.85. The summed E-state index contributed by atoms with van der Waals surface area (Å²) >= 11 is 0. The average Bonchev–Trinajstić information content (AvgIpc) is 2.70. The van der Waals surface area contributed by atoms with Crippen molar-refractivity contribution in [2.75, 3.05) is 17.2 Å². The highest BCUT2D eigenvalue weighted by atomic mass is 16.6. The van der Waals surface area contributed by atoms with Crippen LogP contribution in [0.3, 0.4) is 0 Å². The maximum atomic E-state index is 12.4. The molecule has 26 heavy (non-hydrogen) atoms. The maximum absolute atomic E-state index is 12.4. The van der Waals surface area contributed by atoms with Gasteiger partial charge in [-0.25, -0.2) is 0 Å².